The van der Waals surface area contributed by atoms with Crippen molar-refractivity contribution < 1.29 is 4.79 Å². The number of urea groups is 1. The van der Waals surface area contributed by atoms with Gasteiger partial charge in [-0.05, 0) is 69.6 Å². The van der Waals surface area contributed by atoms with E-state index in [1.165, 1.54) is 56.5 Å². The largest absolute Gasteiger partial charge is 0.335 e. The van der Waals surface area contributed by atoms with Gasteiger partial charge in [-0.15, -0.1) is 0 Å². The van der Waals surface area contributed by atoms with Crippen LogP contribution in [0.1, 0.15) is 68.8 Å². The SMILES string of the molecule is O=C(NC(C1CC1)C1CC1)N1CCC(c2ncc3n2CCCC3)CC1. The number of nitrogens with one attached hydrogen (secondary N) is 1. The summed E-state index contributed by atoms with van der Waals surface area (Å²) in [7, 11) is 0. The molecule has 2 aliphatic carbocycles. The quantitative estimate of drug-likeness (QED) is 0.913. The molecule has 4 aliphatic rings. The molecule has 0 atom stereocenters. The third-order valence-electron chi connectivity index (χ3n) is 6.73. The zero-order valence-electron chi connectivity index (χ0n) is 15.1. The average molecular weight is 342 g/mol. The number of aryl methyl sites for hydroxylation is 1. The molecule has 1 saturated heterocycles. The zero-order chi connectivity index (χ0) is 16.8. The molecule has 0 bridgehead atoms. The number of likely N-dealkylation sites (tertiary alicyclic amines) is 1. The first kappa shape index (κ1) is 15.7. The van der Waals surface area contributed by atoms with Crippen LogP contribution in [-0.4, -0.2) is 39.6 Å². The van der Waals surface area contributed by atoms with Crippen molar-refractivity contribution >= 4 is 6.03 Å². The summed E-state index contributed by atoms with van der Waals surface area (Å²) in [5.74, 6) is 3.35. The van der Waals surface area contributed by atoms with Gasteiger partial charge in [0.25, 0.3) is 0 Å². The molecule has 2 saturated carbocycles. The first-order valence-corrected chi connectivity index (χ1v) is 10.4. The first-order valence-electron chi connectivity index (χ1n) is 10.4. The van der Waals surface area contributed by atoms with E-state index >= 15 is 0 Å². The summed E-state index contributed by atoms with van der Waals surface area (Å²) in [4.78, 5) is 19.5. The van der Waals surface area contributed by atoms with Gasteiger partial charge in [0.15, 0.2) is 0 Å². The van der Waals surface area contributed by atoms with Gasteiger partial charge in [-0.25, -0.2) is 9.78 Å². The average Bonchev–Trinajstić information content (AvgIpc) is 3.57. The summed E-state index contributed by atoms with van der Waals surface area (Å²) in [5.41, 5.74) is 1.41. The van der Waals surface area contributed by atoms with Gasteiger partial charge in [-0.2, -0.15) is 0 Å². The Morgan fingerprint density at radius 1 is 1.04 bits per heavy atom. The number of imidazole rings is 1. The van der Waals surface area contributed by atoms with Crippen molar-refractivity contribution in [1.82, 2.24) is 19.8 Å². The van der Waals surface area contributed by atoms with Gasteiger partial charge in [0.05, 0.1) is 0 Å². The molecule has 2 aliphatic heterocycles. The Hall–Kier alpha value is -1.52. The van der Waals surface area contributed by atoms with Crippen LogP contribution in [0.2, 0.25) is 0 Å². The fraction of sp³-hybridized carbons (Fsp3) is 0.800. The van der Waals surface area contributed by atoms with Crippen molar-refractivity contribution in [3.05, 3.63) is 17.7 Å². The van der Waals surface area contributed by atoms with Crippen molar-refractivity contribution in [2.24, 2.45) is 11.8 Å². The fourth-order valence-corrected chi connectivity index (χ4v) is 4.89. The van der Waals surface area contributed by atoms with Crippen LogP contribution in [0.4, 0.5) is 4.79 Å². The lowest BCUT2D eigenvalue weighted by atomic mass is 9.95. The molecule has 1 N–H and O–H groups in total. The number of carbonyl (C=O) groups excluding carboxylic acids is 1. The maximum Gasteiger partial charge on any atom is 0.317 e. The Bertz CT molecular complexity index is 626. The molecule has 0 radical (unpaired) electrons. The summed E-state index contributed by atoms with van der Waals surface area (Å²) in [6.07, 6.45) is 13.2. The van der Waals surface area contributed by atoms with Gasteiger partial charge in [0, 0.05) is 43.5 Å². The second kappa shape index (κ2) is 6.33. The minimum atomic E-state index is 0.187. The van der Waals surface area contributed by atoms with E-state index in [9.17, 15) is 4.79 Å². The van der Waals surface area contributed by atoms with Gasteiger partial charge in [-0.1, -0.05) is 0 Å². The summed E-state index contributed by atoms with van der Waals surface area (Å²) >= 11 is 0. The van der Waals surface area contributed by atoms with Crippen molar-refractivity contribution in [2.75, 3.05) is 13.1 Å². The molecule has 0 spiro atoms. The molecule has 25 heavy (non-hydrogen) atoms. The maximum absolute atomic E-state index is 12.7. The number of hydrogen-bond acceptors (Lipinski definition) is 2. The molecular weight excluding hydrogens is 312 g/mol. The Balaban J connectivity index is 1.18. The van der Waals surface area contributed by atoms with Crippen LogP contribution in [0.5, 0.6) is 0 Å². The fourth-order valence-electron chi connectivity index (χ4n) is 4.89. The maximum atomic E-state index is 12.7. The van der Waals surface area contributed by atoms with Crippen LogP contribution in [-0.2, 0) is 13.0 Å². The number of carbonyl (C=O) groups is 1. The second-order valence-electron chi connectivity index (χ2n) is 8.63. The van der Waals surface area contributed by atoms with Gasteiger partial charge in [0.2, 0.25) is 0 Å². The molecule has 5 heteroatoms. The Kier molecular flexibility index (Phi) is 3.98. The van der Waals surface area contributed by atoms with E-state index < -0.39 is 0 Å². The third-order valence-corrected chi connectivity index (χ3v) is 6.73. The normalized spacial score (nSPS) is 24.4. The molecule has 136 valence electrons. The van der Waals surface area contributed by atoms with Crippen LogP contribution in [0.3, 0.4) is 0 Å². The molecule has 1 aromatic heterocycles. The molecule has 0 unspecified atom stereocenters. The van der Waals surface area contributed by atoms with Crippen LogP contribution < -0.4 is 5.32 Å². The second-order valence-corrected chi connectivity index (χ2v) is 8.63. The van der Waals surface area contributed by atoms with E-state index in [1.807, 2.05) is 4.90 Å². The molecule has 3 fully saturated rings. The lowest BCUT2D eigenvalue weighted by Gasteiger charge is -2.33. The highest BCUT2D eigenvalue weighted by Gasteiger charge is 2.43. The van der Waals surface area contributed by atoms with E-state index in [0.29, 0.717) is 12.0 Å². The van der Waals surface area contributed by atoms with Gasteiger partial charge in [-0.3, -0.25) is 0 Å². The predicted octanol–water partition coefficient (Wildman–Crippen LogP) is 3.30. The molecule has 5 rings (SSSR count). The van der Waals surface area contributed by atoms with Crippen molar-refractivity contribution in [3.63, 3.8) is 0 Å². The smallest absolute Gasteiger partial charge is 0.317 e. The summed E-state index contributed by atoms with van der Waals surface area (Å²) < 4.78 is 2.46. The van der Waals surface area contributed by atoms with Crippen molar-refractivity contribution in [1.29, 1.82) is 0 Å². The topological polar surface area (TPSA) is 50.2 Å². The van der Waals surface area contributed by atoms with Crippen molar-refractivity contribution in [2.45, 2.75) is 76.3 Å². The molecule has 2 amide bonds. The monoisotopic (exact) mass is 342 g/mol. The number of hydrogen-bond donors (Lipinski definition) is 1. The summed E-state index contributed by atoms with van der Waals surface area (Å²) in [6, 6.07) is 0.650. The standard InChI is InChI=1S/C20H30N4O/c25-20(22-18(14-4-5-14)15-6-7-15)23-11-8-16(9-12-23)19-21-13-17-3-1-2-10-24(17)19/h13-16,18H,1-12H2,(H,22,25). The van der Waals surface area contributed by atoms with E-state index in [0.717, 1.165) is 44.3 Å². The minimum absolute atomic E-state index is 0.187. The van der Waals surface area contributed by atoms with Crippen LogP contribution in [0.25, 0.3) is 0 Å². The predicted molar refractivity (Wildman–Crippen MR) is 96.5 cm³/mol. The Morgan fingerprint density at radius 2 is 1.76 bits per heavy atom. The Morgan fingerprint density at radius 3 is 2.44 bits per heavy atom. The van der Waals surface area contributed by atoms with E-state index in [-0.39, 0.29) is 6.03 Å². The number of piperidine rings is 1. The number of fused-ring (bicyclic) bond motifs is 1. The highest BCUT2D eigenvalue weighted by atomic mass is 16.2. The van der Waals surface area contributed by atoms with Gasteiger partial charge in [0.1, 0.15) is 5.82 Å². The third kappa shape index (κ3) is 3.18. The van der Waals surface area contributed by atoms with Crippen LogP contribution in [0.15, 0.2) is 6.20 Å². The van der Waals surface area contributed by atoms with E-state index in [4.69, 9.17) is 4.98 Å². The van der Waals surface area contributed by atoms with Crippen LogP contribution >= 0.6 is 0 Å². The molecule has 1 aromatic rings. The lowest BCUT2D eigenvalue weighted by Crippen LogP contribution is -2.49. The van der Waals surface area contributed by atoms with E-state index in [2.05, 4.69) is 16.1 Å². The number of rotatable bonds is 4. The molecular formula is C20H30N4O. The van der Waals surface area contributed by atoms with E-state index in [1.54, 1.807) is 0 Å². The highest BCUT2D eigenvalue weighted by Crippen LogP contribution is 2.44. The van der Waals surface area contributed by atoms with Gasteiger partial charge < -0.3 is 14.8 Å². The molecule has 3 heterocycles. The van der Waals surface area contributed by atoms with Crippen LogP contribution in [0, 0.1) is 11.8 Å². The molecule has 5 nitrogen and oxygen atoms in total. The first-order chi connectivity index (χ1) is 12.3. The Labute approximate surface area is 150 Å². The zero-order valence-corrected chi connectivity index (χ0v) is 15.1. The number of aromatic nitrogens is 2. The number of amides is 2. The molecule has 0 aromatic carbocycles. The highest BCUT2D eigenvalue weighted by molar-refractivity contribution is 5.74. The van der Waals surface area contributed by atoms with Crippen molar-refractivity contribution in [3.8, 4) is 0 Å². The minimum Gasteiger partial charge on any atom is -0.335 e. The summed E-state index contributed by atoms with van der Waals surface area (Å²) in [6.45, 7) is 2.89. The summed E-state index contributed by atoms with van der Waals surface area (Å²) in [5, 5.41) is 3.38. The number of nitrogens with zero attached hydrogens (tertiary/aromatic N) is 3. The van der Waals surface area contributed by atoms with Gasteiger partial charge >= 0.3 is 6.03 Å². The lowest BCUT2D eigenvalue weighted by molar-refractivity contribution is 0.173.